The Labute approximate surface area is 185 Å². The molecule has 0 aliphatic heterocycles. The second-order valence-electron chi connectivity index (χ2n) is 6.66. The molecule has 0 fully saturated rings. The molecule has 0 spiro atoms. The number of hydrogen-bond acceptors (Lipinski definition) is 7. The summed E-state index contributed by atoms with van der Waals surface area (Å²) < 4.78 is 65.9. The SMILES string of the molecule is O=C(Nc1ccccn1)c1ccc(-c2cc(OS(=O)(=O)C(F)(F)F)c3ncncc3c2)cc1. The minimum Gasteiger partial charge on any atom is -0.374 e. The summed E-state index contributed by atoms with van der Waals surface area (Å²) in [6.07, 6.45) is 3.90. The van der Waals surface area contributed by atoms with Crippen molar-refractivity contribution in [3.8, 4) is 16.9 Å². The first-order valence-corrected chi connectivity index (χ1v) is 10.6. The topological polar surface area (TPSA) is 111 Å². The summed E-state index contributed by atoms with van der Waals surface area (Å²) in [4.78, 5) is 24.0. The lowest BCUT2D eigenvalue weighted by Gasteiger charge is -2.13. The number of rotatable bonds is 5. The molecule has 2 aromatic heterocycles. The van der Waals surface area contributed by atoms with Gasteiger partial charge in [0.2, 0.25) is 0 Å². The zero-order chi connectivity index (χ0) is 23.6. The van der Waals surface area contributed by atoms with E-state index in [1.807, 2.05) is 0 Å². The highest BCUT2D eigenvalue weighted by Gasteiger charge is 2.48. The first kappa shape index (κ1) is 22.1. The third-order valence-electron chi connectivity index (χ3n) is 4.44. The highest BCUT2D eigenvalue weighted by Crippen LogP contribution is 2.34. The summed E-state index contributed by atoms with van der Waals surface area (Å²) in [7, 11) is -5.91. The van der Waals surface area contributed by atoms with Gasteiger partial charge in [0.05, 0.1) is 0 Å². The molecular weight excluding hydrogens is 461 g/mol. The molecule has 1 N–H and O–H groups in total. The maximum absolute atomic E-state index is 12.8. The van der Waals surface area contributed by atoms with E-state index in [-0.39, 0.29) is 10.9 Å². The number of alkyl halides is 3. The maximum atomic E-state index is 12.8. The first-order valence-electron chi connectivity index (χ1n) is 9.21. The van der Waals surface area contributed by atoms with Crippen LogP contribution < -0.4 is 9.50 Å². The number of fused-ring (bicyclic) bond motifs is 1. The molecule has 12 heteroatoms. The van der Waals surface area contributed by atoms with Crippen molar-refractivity contribution in [2.75, 3.05) is 5.32 Å². The Kier molecular flexibility index (Phi) is 5.68. The number of nitrogens with zero attached hydrogens (tertiary/aromatic N) is 3. The van der Waals surface area contributed by atoms with E-state index in [1.54, 1.807) is 36.4 Å². The summed E-state index contributed by atoms with van der Waals surface area (Å²) in [5, 5.41) is 2.89. The predicted molar refractivity (Wildman–Crippen MR) is 113 cm³/mol. The lowest BCUT2D eigenvalue weighted by atomic mass is 10.0. The van der Waals surface area contributed by atoms with Crippen molar-refractivity contribution < 1.29 is 30.6 Å². The Morgan fingerprint density at radius 1 is 0.970 bits per heavy atom. The van der Waals surface area contributed by atoms with Crippen LogP contribution in [0.15, 0.2) is 73.3 Å². The van der Waals surface area contributed by atoms with Gasteiger partial charge in [-0.15, -0.1) is 0 Å². The quantitative estimate of drug-likeness (QED) is 0.341. The van der Waals surface area contributed by atoms with Crippen molar-refractivity contribution in [3.05, 3.63) is 78.9 Å². The Morgan fingerprint density at radius 2 is 1.73 bits per heavy atom. The number of carbonyl (C=O) groups excluding carboxylic acids is 1. The number of amides is 1. The van der Waals surface area contributed by atoms with E-state index in [1.165, 1.54) is 24.5 Å². The van der Waals surface area contributed by atoms with Gasteiger partial charge in [-0.2, -0.15) is 21.6 Å². The molecule has 1 amide bonds. The molecule has 0 saturated heterocycles. The maximum Gasteiger partial charge on any atom is 0.534 e. The van der Waals surface area contributed by atoms with Crippen LogP contribution in [-0.4, -0.2) is 34.8 Å². The van der Waals surface area contributed by atoms with Gasteiger partial charge in [0.15, 0.2) is 5.75 Å². The van der Waals surface area contributed by atoms with Gasteiger partial charge in [0.25, 0.3) is 5.91 Å². The zero-order valence-electron chi connectivity index (χ0n) is 16.4. The number of carbonyl (C=O) groups is 1. The molecule has 0 atom stereocenters. The number of hydrogen-bond donors (Lipinski definition) is 1. The van der Waals surface area contributed by atoms with E-state index in [0.717, 1.165) is 12.4 Å². The summed E-state index contributed by atoms with van der Waals surface area (Å²) >= 11 is 0. The van der Waals surface area contributed by atoms with Gasteiger partial charge < -0.3 is 9.50 Å². The summed E-state index contributed by atoms with van der Waals surface area (Å²) in [5.41, 5.74) is -4.58. The van der Waals surface area contributed by atoms with Crippen molar-refractivity contribution in [1.29, 1.82) is 0 Å². The monoisotopic (exact) mass is 474 g/mol. The largest absolute Gasteiger partial charge is 0.534 e. The molecule has 4 aromatic rings. The van der Waals surface area contributed by atoms with Crippen molar-refractivity contribution >= 4 is 32.7 Å². The molecule has 8 nitrogen and oxygen atoms in total. The molecule has 4 rings (SSSR count). The Hall–Kier alpha value is -4.06. The fourth-order valence-corrected chi connectivity index (χ4v) is 3.36. The van der Waals surface area contributed by atoms with Crippen LogP contribution in [0.1, 0.15) is 10.4 Å². The smallest absolute Gasteiger partial charge is 0.374 e. The summed E-state index contributed by atoms with van der Waals surface area (Å²) in [5.74, 6) is -0.638. The van der Waals surface area contributed by atoms with Crippen LogP contribution in [-0.2, 0) is 10.1 Å². The van der Waals surface area contributed by atoms with Crippen LogP contribution >= 0.6 is 0 Å². The fraction of sp³-hybridized carbons (Fsp3) is 0.0476. The Balaban J connectivity index is 1.68. The minimum absolute atomic E-state index is 0.104. The average molecular weight is 474 g/mol. The molecule has 2 aromatic carbocycles. The Morgan fingerprint density at radius 3 is 2.39 bits per heavy atom. The van der Waals surface area contributed by atoms with Crippen LogP contribution in [0.3, 0.4) is 0 Å². The van der Waals surface area contributed by atoms with Gasteiger partial charge in [-0.25, -0.2) is 15.0 Å². The van der Waals surface area contributed by atoms with Crippen LogP contribution in [0.4, 0.5) is 19.0 Å². The highest BCUT2D eigenvalue weighted by atomic mass is 32.2. The molecule has 0 radical (unpaired) electrons. The van der Waals surface area contributed by atoms with E-state index in [9.17, 15) is 26.4 Å². The number of pyridine rings is 1. The lowest BCUT2D eigenvalue weighted by Crippen LogP contribution is -2.28. The molecule has 2 heterocycles. The zero-order valence-corrected chi connectivity index (χ0v) is 17.3. The molecule has 0 aliphatic carbocycles. The number of benzene rings is 2. The van der Waals surface area contributed by atoms with Gasteiger partial charge in [-0.05, 0) is 47.5 Å². The van der Waals surface area contributed by atoms with Crippen LogP contribution in [0.5, 0.6) is 5.75 Å². The standard InChI is InChI=1S/C21H13F3N4O4S/c22-21(23,24)33(30,31)32-17-10-15(9-16-11-25-12-27-19(16)17)13-4-6-14(7-5-13)20(29)28-18-3-1-2-8-26-18/h1-12H,(H,26,28,29). The number of aromatic nitrogens is 3. The minimum atomic E-state index is -5.91. The second kappa shape index (κ2) is 8.47. The van der Waals surface area contributed by atoms with E-state index >= 15 is 0 Å². The number of nitrogens with one attached hydrogen (secondary N) is 1. The molecule has 0 unspecified atom stereocenters. The normalized spacial score (nSPS) is 11.8. The Bertz CT molecular complexity index is 1430. The van der Waals surface area contributed by atoms with Crippen molar-refractivity contribution in [3.63, 3.8) is 0 Å². The molecular formula is C21H13F3N4O4S. The van der Waals surface area contributed by atoms with Gasteiger partial charge in [0, 0.05) is 23.3 Å². The van der Waals surface area contributed by atoms with E-state index < -0.39 is 27.3 Å². The summed E-state index contributed by atoms with van der Waals surface area (Å²) in [6, 6.07) is 13.9. The van der Waals surface area contributed by atoms with Crippen molar-refractivity contribution in [1.82, 2.24) is 15.0 Å². The van der Waals surface area contributed by atoms with Gasteiger partial charge in [-0.3, -0.25) is 4.79 Å². The van der Waals surface area contributed by atoms with Crippen molar-refractivity contribution in [2.45, 2.75) is 5.51 Å². The van der Waals surface area contributed by atoms with E-state index in [2.05, 4.69) is 24.5 Å². The fourth-order valence-electron chi connectivity index (χ4n) is 2.91. The number of halogens is 3. The van der Waals surface area contributed by atoms with Crippen LogP contribution in [0, 0.1) is 0 Å². The van der Waals surface area contributed by atoms with Gasteiger partial charge in [0.1, 0.15) is 17.7 Å². The first-order chi connectivity index (χ1) is 15.6. The third kappa shape index (κ3) is 4.75. The molecule has 0 saturated carbocycles. The second-order valence-corrected chi connectivity index (χ2v) is 8.20. The average Bonchev–Trinajstić information content (AvgIpc) is 2.79. The molecule has 0 bridgehead atoms. The van der Waals surface area contributed by atoms with Crippen LogP contribution in [0.25, 0.3) is 22.0 Å². The van der Waals surface area contributed by atoms with E-state index in [0.29, 0.717) is 22.5 Å². The molecule has 168 valence electrons. The number of anilines is 1. The molecule has 33 heavy (non-hydrogen) atoms. The van der Waals surface area contributed by atoms with Crippen molar-refractivity contribution in [2.24, 2.45) is 0 Å². The van der Waals surface area contributed by atoms with Gasteiger partial charge in [-0.1, -0.05) is 18.2 Å². The summed E-state index contributed by atoms with van der Waals surface area (Å²) in [6.45, 7) is 0. The molecule has 0 aliphatic rings. The third-order valence-corrected chi connectivity index (χ3v) is 5.41. The van der Waals surface area contributed by atoms with Gasteiger partial charge >= 0.3 is 15.6 Å². The lowest BCUT2D eigenvalue weighted by molar-refractivity contribution is -0.0499. The van der Waals surface area contributed by atoms with Crippen LogP contribution in [0.2, 0.25) is 0 Å². The predicted octanol–water partition coefficient (Wildman–Crippen LogP) is 4.17. The van der Waals surface area contributed by atoms with E-state index in [4.69, 9.17) is 0 Å². The highest BCUT2D eigenvalue weighted by molar-refractivity contribution is 7.88.